The predicted octanol–water partition coefficient (Wildman–Crippen LogP) is 2.49. The third-order valence-corrected chi connectivity index (χ3v) is 6.43. The van der Waals surface area contributed by atoms with Gasteiger partial charge in [-0.2, -0.15) is 0 Å². The number of anilines is 1. The molecule has 1 aromatic carbocycles. The summed E-state index contributed by atoms with van der Waals surface area (Å²) in [5, 5.41) is 0. The summed E-state index contributed by atoms with van der Waals surface area (Å²) in [6.45, 7) is 4.28. The van der Waals surface area contributed by atoms with Crippen molar-refractivity contribution in [3.05, 3.63) is 22.7 Å². The van der Waals surface area contributed by atoms with Crippen LogP contribution in [0.5, 0.6) is 0 Å². The largest absolute Gasteiger partial charge is 0.381 e. The standard InChI is InChI=1S/C16H22BrNO4S/c1-23(19,20)14-4-2-3-13(17)15(14)18-7-10-22-12-16(11-18)5-8-21-9-6-16/h2-4H,5-12H2,1H3. The van der Waals surface area contributed by atoms with Crippen molar-refractivity contribution < 1.29 is 17.9 Å². The molecule has 2 saturated heterocycles. The fraction of sp³-hybridized carbons (Fsp3) is 0.625. The highest BCUT2D eigenvalue weighted by molar-refractivity contribution is 9.10. The van der Waals surface area contributed by atoms with Crippen molar-refractivity contribution in [2.45, 2.75) is 17.7 Å². The minimum Gasteiger partial charge on any atom is -0.381 e. The van der Waals surface area contributed by atoms with Crippen LogP contribution >= 0.6 is 15.9 Å². The molecule has 0 bridgehead atoms. The van der Waals surface area contributed by atoms with Gasteiger partial charge in [-0.25, -0.2) is 8.42 Å². The van der Waals surface area contributed by atoms with Gasteiger partial charge in [-0.05, 0) is 40.9 Å². The maximum atomic E-state index is 12.2. The lowest BCUT2D eigenvalue weighted by atomic mass is 9.80. The monoisotopic (exact) mass is 403 g/mol. The summed E-state index contributed by atoms with van der Waals surface area (Å²) in [5.41, 5.74) is 0.796. The lowest BCUT2D eigenvalue weighted by molar-refractivity contribution is -0.0240. The number of ether oxygens (including phenoxy) is 2. The normalized spacial score (nSPS) is 22.1. The quantitative estimate of drug-likeness (QED) is 0.758. The van der Waals surface area contributed by atoms with Gasteiger partial charge in [0.15, 0.2) is 9.84 Å². The zero-order valence-corrected chi connectivity index (χ0v) is 15.7. The first-order valence-corrected chi connectivity index (χ1v) is 10.5. The summed E-state index contributed by atoms with van der Waals surface area (Å²) in [4.78, 5) is 2.54. The van der Waals surface area contributed by atoms with Gasteiger partial charge in [-0.15, -0.1) is 0 Å². The Morgan fingerprint density at radius 1 is 1.17 bits per heavy atom. The van der Waals surface area contributed by atoms with Crippen LogP contribution in [0.25, 0.3) is 0 Å². The molecule has 0 atom stereocenters. The van der Waals surface area contributed by atoms with Gasteiger partial charge in [0.25, 0.3) is 0 Å². The zero-order chi connectivity index (χ0) is 16.5. The van der Waals surface area contributed by atoms with Crippen molar-refractivity contribution >= 4 is 31.5 Å². The molecule has 0 amide bonds. The maximum absolute atomic E-state index is 12.2. The molecule has 128 valence electrons. The number of rotatable bonds is 2. The second-order valence-electron chi connectivity index (χ2n) is 6.45. The molecule has 7 heteroatoms. The molecular weight excluding hydrogens is 382 g/mol. The molecule has 2 aliphatic heterocycles. The van der Waals surface area contributed by atoms with E-state index in [1.54, 1.807) is 12.1 Å². The van der Waals surface area contributed by atoms with Crippen LogP contribution in [-0.4, -0.2) is 54.2 Å². The van der Waals surface area contributed by atoms with Crippen molar-refractivity contribution in [2.75, 3.05) is 50.7 Å². The minimum absolute atomic E-state index is 0.0405. The van der Waals surface area contributed by atoms with Crippen LogP contribution in [0.4, 0.5) is 5.69 Å². The first kappa shape index (κ1) is 17.2. The van der Waals surface area contributed by atoms with Gasteiger partial charge in [0, 0.05) is 42.4 Å². The average molecular weight is 404 g/mol. The van der Waals surface area contributed by atoms with E-state index in [1.807, 2.05) is 6.07 Å². The number of para-hydroxylation sites is 1. The maximum Gasteiger partial charge on any atom is 0.177 e. The highest BCUT2D eigenvalue weighted by Crippen LogP contribution is 2.39. The van der Waals surface area contributed by atoms with E-state index in [9.17, 15) is 8.42 Å². The van der Waals surface area contributed by atoms with Crippen molar-refractivity contribution in [3.63, 3.8) is 0 Å². The van der Waals surface area contributed by atoms with Gasteiger partial charge in [-0.3, -0.25) is 0 Å². The molecule has 3 rings (SSSR count). The molecule has 2 heterocycles. The summed E-state index contributed by atoms with van der Waals surface area (Å²) >= 11 is 3.54. The molecule has 1 spiro atoms. The van der Waals surface area contributed by atoms with E-state index in [-0.39, 0.29) is 5.41 Å². The molecule has 2 aliphatic rings. The van der Waals surface area contributed by atoms with Crippen LogP contribution < -0.4 is 4.90 Å². The molecule has 0 saturated carbocycles. The number of hydrogen-bond acceptors (Lipinski definition) is 5. The Kier molecular flexibility index (Phi) is 5.01. The third-order valence-electron chi connectivity index (χ3n) is 4.66. The van der Waals surface area contributed by atoms with Crippen molar-refractivity contribution in [2.24, 2.45) is 5.41 Å². The Hall–Kier alpha value is -0.630. The van der Waals surface area contributed by atoms with E-state index < -0.39 is 9.84 Å². The molecule has 0 N–H and O–H groups in total. The van der Waals surface area contributed by atoms with E-state index in [1.165, 1.54) is 6.26 Å². The lowest BCUT2D eigenvalue weighted by Crippen LogP contribution is -2.43. The first-order valence-electron chi connectivity index (χ1n) is 7.80. The summed E-state index contributed by atoms with van der Waals surface area (Å²) in [6.07, 6.45) is 3.15. The molecule has 1 aromatic rings. The number of sulfone groups is 1. The molecule has 5 nitrogen and oxygen atoms in total. The Bertz CT molecular complexity index is 671. The topological polar surface area (TPSA) is 55.8 Å². The van der Waals surface area contributed by atoms with E-state index >= 15 is 0 Å². The van der Waals surface area contributed by atoms with E-state index in [0.717, 1.165) is 42.8 Å². The molecule has 0 unspecified atom stereocenters. The number of benzene rings is 1. The average Bonchev–Trinajstić information content (AvgIpc) is 2.69. The second kappa shape index (κ2) is 6.70. The van der Waals surface area contributed by atoms with Crippen LogP contribution in [0, 0.1) is 5.41 Å². The Morgan fingerprint density at radius 3 is 2.61 bits per heavy atom. The predicted molar refractivity (Wildman–Crippen MR) is 92.8 cm³/mol. The van der Waals surface area contributed by atoms with Crippen molar-refractivity contribution in [1.29, 1.82) is 0 Å². The Balaban J connectivity index is 2.00. The molecule has 0 aromatic heterocycles. The third kappa shape index (κ3) is 3.73. The van der Waals surface area contributed by atoms with Gasteiger partial charge in [-0.1, -0.05) is 6.07 Å². The highest BCUT2D eigenvalue weighted by atomic mass is 79.9. The van der Waals surface area contributed by atoms with Crippen LogP contribution in [0.2, 0.25) is 0 Å². The Morgan fingerprint density at radius 2 is 1.91 bits per heavy atom. The first-order chi connectivity index (χ1) is 10.9. The molecule has 0 aliphatic carbocycles. The minimum atomic E-state index is -3.30. The number of nitrogens with zero attached hydrogens (tertiary/aromatic N) is 1. The van der Waals surface area contributed by atoms with Crippen molar-refractivity contribution in [1.82, 2.24) is 0 Å². The van der Waals surface area contributed by atoms with Crippen LogP contribution in [0.15, 0.2) is 27.6 Å². The lowest BCUT2D eigenvalue weighted by Gasteiger charge is -2.39. The zero-order valence-electron chi connectivity index (χ0n) is 13.3. The van der Waals surface area contributed by atoms with Crippen LogP contribution in [0.1, 0.15) is 12.8 Å². The number of hydrogen-bond donors (Lipinski definition) is 0. The van der Waals surface area contributed by atoms with E-state index in [2.05, 4.69) is 20.8 Å². The summed E-state index contributed by atoms with van der Waals surface area (Å²) in [6, 6.07) is 5.34. The second-order valence-corrected chi connectivity index (χ2v) is 9.28. The highest BCUT2D eigenvalue weighted by Gasteiger charge is 2.38. The summed E-state index contributed by atoms with van der Waals surface area (Å²) in [5.74, 6) is 0. The van der Waals surface area contributed by atoms with Gasteiger partial charge < -0.3 is 14.4 Å². The number of halogens is 1. The van der Waals surface area contributed by atoms with Crippen LogP contribution in [-0.2, 0) is 19.3 Å². The van der Waals surface area contributed by atoms with Crippen LogP contribution in [0.3, 0.4) is 0 Å². The molecule has 23 heavy (non-hydrogen) atoms. The van der Waals surface area contributed by atoms with Gasteiger partial charge in [0.1, 0.15) is 0 Å². The summed E-state index contributed by atoms with van der Waals surface area (Å²) in [7, 11) is -3.30. The molecule has 0 radical (unpaired) electrons. The fourth-order valence-electron chi connectivity index (χ4n) is 3.39. The SMILES string of the molecule is CS(=O)(=O)c1cccc(Br)c1N1CCOCC2(CCOCC2)C1. The van der Waals surface area contributed by atoms with Gasteiger partial charge in [0.2, 0.25) is 0 Å². The molecular formula is C16H22BrNO4S. The van der Waals surface area contributed by atoms with E-state index in [4.69, 9.17) is 9.47 Å². The smallest absolute Gasteiger partial charge is 0.177 e. The fourth-order valence-corrected chi connectivity index (χ4v) is 5.06. The van der Waals surface area contributed by atoms with E-state index in [0.29, 0.717) is 24.7 Å². The van der Waals surface area contributed by atoms with Gasteiger partial charge >= 0.3 is 0 Å². The molecule has 2 fully saturated rings. The van der Waals surface area contributed by atoms with Gasteiger partial charge in [0.05, 0.1) is 23.8 Å². The Labute approximate surface area is 146 Å². The van der Waals surface area contributed by atoms with Crippen molar-refractivity contribution in [3.8, 4) is 0 Å². The summed E-state index contributed by atoms with van der Waals surface area (Å²) < 4.78 is 36.6.